The molecule has 0 spiro atoms. The molecule has 0 aromatic heterocycles. The van der Waals surface area contributed by atoms with Crippen LogP contribution < -0.4 is 10.6 Å². The molecule has 2 N–H and O–H groups in total. The van der Waals surface area contributed by atoms with E-state index >= 15 is 0 Å². The molecular formula is C38H30F3N3O4. The van der Waals surface area contributed by atoms with E-state index in [-0.39, 0.29) is 36.7 Å². The molecule has 0 radical (unpaired) electrons. The first-order valence-electron chi connectivity index (χ1n) is 14.9. The highest BCUT2D eigenvalue weighted by Gasteiger charge is 2.35. The van der Waals surface area contributed by atoms with Crippen molar-refractivity contribution in [1.29, 1.82) is 0 Å². The van der Waals surface area contributed by atoms with Gasteiger partial charge in [-0.15, -0.1) is 0 Å². The van der Waals surface area contributed by atoms with E-state index in [1.54, 1.807) is 65.6 Å². The molecule has 5 aromatic rings. The van der Waals surface area contributed by atoms with Crippen LogP contribution in [0.25, 0.3) is 0 Å². The lowest BCUT2D eigenvalue weighted by atomic mass is 9.97. The van der Waals surface area contributed by atoms with Gasteiger partial charge in [-0.2, -0.15) is 13.2 Å². The molecule has 0 atom stereocenters. The Kier molecular flexibility index (Phi) is 10.6. The van der Waals surface area contributed by atoms with Crippen LogP contribution in [0.3, 0.4) is 0 Å². The van der Waals surface area contributed by atoms with Gasteiger partial charge in [0.25, 0.3) is 0 Å². The largest absolute Gasteiger partial charge is 0.417 e. The number of para-hydroxylation sites is 2. The molecule has 0 saturated heterocycles. The first kappa shape index (κ1) is 33.5. The molecule has 0 aliphatic carbocycles. The van der Waals surface area contributed by atoms with Crippen molar-refractivity contribution in [3.05, 3.63) is 167 Å². The second-order valence-corrected chi connectivity index (χ2v) is 10.9. The molecule has 5 rings (SSSR count). The quantitative estimate of drug-likeness (QED) is 0.139. The van der Waals surface area contributed by atoms with Gasteiger partial charge in [0.05, 0.1) is 30.0 Å². The van der Waals surface area contributed by atoms with Gasteiger partial charge in [-0.05, 0) is 35.9 Å². The Morgan fingerprint density at radius 3 is 1.50 bits per heavy atom. The molecular weight excluding hydrogens is 619 g/mol. The number of ketones is 2. The maximum atomic E-state index is 13.7. The molecule has 0 bridgehead atoms. The lowest BCUT2D eigenvalue weighted by molar-refractivity contribution is -0.138. The summed E-state index contributed by atoms with van der Waals surface area (Å²) in [6.07, 6.45) is -4.75. The summed E-state index contributed by atoms with van der Waals surface area (Å²) >= 11 is 0. The van der Waals surface area contributed by atoms with E-state index in [9.17, 15) is 32.3 Å². The number of amides is 2. The highest BCUT2D eigenvalue weighted by Crippen LogP contribution is 2.33. The van der Waals surface area contributed by atoms with E-state index < -0.39 is 34.9 Å². The van der Waals surface area contributed by atoms with Crippen LogP contribution in [0.5, 0.6) is 0 Å². The Bertz CT molecular complexity index is 1930. The number of rotatable bonds is 12. The van der Waals surface area contributed by atoms with Crippen LogP contribution in [0.15, 0.2) is 133 Å². The Morgan fingerprint density at radius 2 is 0.958 bits per heavy atom. The monoisotopic (exact) mass is 649 g/mol. The number of benzene rings is 5. The molecule has 0 heterocycles. The van der Waals surface area contributed by atoms with Crippen molar-refractivity contribution in [2.24, 2.45) is 0 Å². The zero-order valence-electron chi connectivity index (χ0n) is 25.5. The van der Waals surface area contributed by atoms with Crippen molar-refractivity contribution < 1.29 is 32.3 Å². The van der Waals surface area contributed by atoms with E-state index in [2.05, 4.69) is 10.6 Å². The minimum Gasteiger partial charge on any atom is -0.324 e. The zero-order valence-corrected chi connectivity index (χ0v) is 25.5. The molecule has 5 aromatic carbocycles. The number of carbonyl (C=O) groups is 4. The third-order valence-electron chi connectivity index (χ3n) is 7.39. The first-order valence-corrected chi connectivity index (χ1v) is 14.9. The molecule has 10 heteroatoms. The molecule has 0 fully saturated rings. The summed E-state index contributed by atoms with van der Waals surface area (Å²) in [6, 6.07) is 34.7. The number of carbonyl (C=O) groups excluding carboxylic acids is 4. The maximum absolute atomic E-state index is 13.7. The Hall–Kier alpha value is -5.87. The second-order valence-electron chi connectivity index (χ2n) is 10.9. The van der Waals surface area contributed by atoms with Crippen molar-refractivity contribution in [3.8, 4) is 0 Å². The summed E-state index contributed by atoms with van der Waals surface area (Å²) in [5, 5.41) is 5.43. The van der Waals surface area contributed by atoms with Crippen LogP contribution in [0.2, 0.25) is 0 Å². The van der Waals surface area contributed by atoms with Crippen LogP contribution in [0, 0.1) is 0 Å². The Balaban J connectivity index is 1.34. The Morgan fingerprint density at radius 1 is 0.521 bits per heavy atom. The molecule has 0 aliphatic heterocycles. The third-order valence-corrected chi connectivity index (χ3v) is 7.39. The van der Waals surface area contributed by atoms with Crippen molar-refractivity contribution in [2.45, 2.75) is 12.7 Å². The van der Waals surface area contributed by atoms with Gasteiger partial charge in [0, 0.05) is 28.8 Å². The number of hydrogen-bond donors (Lipinski definition) is 2. The van der Waals surface area contributed by atoms with Gasteiger partial charge >= 0.3 is 6.18 Å². The summed E-state index contributed by atoms with van der Waals surface area (Å²) in [5.74, 6) is -2.24. The molecule has 2 amide bonds. The van der Waals surface area contributed by atoms with Crippen molar-refractivity contribution in [3.63, 3.8) is 0 Å². The summed E-state index contributed by atoms with van der Waals surface area (Å²) in [6.45, 7) is -0.337. The number of hydrogen-bond acceptors (Lipinski definition) is 5. The SMILES string of the molecule is O=C(CN(CC(=O)Nc1ccccc1C(=O)c1ccccc1C(F)(F)F)Cc1ccccc1)Nc1ccccc1C(=O)c1ccccc1. The van der Waals surface area contributed by atoms with Gasteiger partial charge in [0.15, 0.2) is 11.6 Å². The molecule has 0 aliphatic rings. The van der Waals surface area contributed by atoms with E-state index in [1.165, 1.54) is 30.3 Å². The van der Waals surface area contributed by atoms with E-state index in [1.807, 2.05) is 30.3 Å². The average Bonchev–Trinajstić information content (AvgIpc) is 3.08. The van der Waals surface area contributed by atoms with Crippen LogP contribution in [0.1, 0.15) is 43.0 Å². The van der Waals surface area contributed by atoms with Gasteiger partial charge in [-0.25, -0.2) is 0 Å². The molecule has 7 nitrogen and oxygen atoms in total. The van der Waals surface area contributed by atoms with Gasteiger partial charge in [-0.3, -0.25) is 24.1 Å². The van der Waals surface area contributed by atoms with E-state index in [4.69, 9.17) is 0 Å². The molecule has 242 valence electrons. The summed E-state index contributed by atoms with van der Waals surface area (Å²) in [5.41, 5.74) is 0.184. The fourth-order valence-corrected chi connectivity index (χ4v) is 5.19. The topological polar surface area (TPSA) is 95.6 Å². The highest BCUT2D eigenvalue weighted by atomic mass is 19.4. The third kappa shape index (κ3) is 8.48. The molecule has 0 saturated carbocycles. The lowest BCUT2D eigenvalue weighted by Gasteiger charge is -2.22. The predicted molar refractivity (Wildman–Crippen MR) is 177 cm³/mol. The van der Waals surface area contributed by atoms with Crippen LogP contribution in [-0.4, -0.2) is 41.4 Å². The standard InChI is InChI=1S/C38H30F3N3O4/c39-38(40,41)31-20-10-7-17-28(31)37(48)30-19-9-12-22-33(30)43-35(46)25-44(23-26-13-3-1-4-14-26)24-34(45)42-32-21-11-8-18-29(32)36(47)27-15-5-2-6-16-27/h1-22H,23-25H2,(H,42,45)(H,43,46). The zero-order chi connectivity index (χ0) is 34.1. The summed E-state index contributed by atoms with van der Waals surface area (Å²) in [7, 11) is 0. The average molecular weight is 650 g/mol. The van der Waals surface area contributed by atoms with E-state index in [0.717, 1.165) is 17.7 Å². The number of anilines is 2. The number of halogens is 3. The van der Waals surface area contributed by atoms with Gasteiger partial charge < -0.3 is 10.6 Å². The molecule has 0 unspecified atom stereocenters. The van der Waals surface area contributed by atoms with Crippen molar-refractivity contribution >= 4 is 34.8 Å². The summed E-state index contributed by atoms with van der Waals surface area (Å²) in [4.78, 5) is 54.8. The number of nitrogens with one attached hydrogen (secondary N) is 2. The second kappa shape index (κ2) is 15.1. The fourth-order valence-electron chi connectivity index (χ4n) is 5.19. The minimum absolute atomic E-state index is 0.0296. The van der Waals surface area contributed by atoms with Crippen LogP contribution in [-0.2, 0) is 22.3 Å². The van der Waals surface area contributed by atoms with Crippen molar-refractivity contribution in [1.82, 2.24) is 4.90 Å². The first-order chi connectivity index (χ1) is 23.1. The normalized spacial score (nSPS) is 11.2. The maximum Gasteiger partial charge on any atom is 0.417 e. The fraction of sp³-hybridized carbons (Fsp3) is 0.105. The van der Waals surface area contributed by atoms with Gasteiger partial charge in [0.2, 0.25) is 11.8 Å². The number of alkyl halides is 3. The predicted octanol–water partition coefficient (Wildman–Crippen LogP) is 7.25. The Labute approximate surface area is 275 Å². The van der Waals surface area contributed by atoms with Crippen LogP contribution >= 0.6 is 0 Å². The lowest BCUT2D eigenvalue weighted by Crippen LogP contribution is -2.38. The summed E-state index contributed by atoms with van der Waals surface area (Å²) < 4.78 is 41.0. The minimum atomic E-state index is -4.75. The smallest absolute Gasteiger partial charge is 0.324 e. The van der Waals surface area contributed by atoms with Gasteiger partial charge in [0.1, 0.15) is 0 Å². The number of nitrogens with zero attached hydrogens (tertiary/aromatic N) is 1. The van der Waals surface area contributed by atoms with Crippen LogP contribution in [0.4, 0.5) is 24.5 Å². The van der Waals surface area contributed by atoms with Crippen molar-refractivity contribution in [2.75, 3.05) is 23.7 Å². The molecule has 48 heavy (non-hydrogen) atoms. The van der Waals surface area contributed by atoms with E-state index in [0.29, 0.717) is 16.8 Å². The highest BCUT2D eigenvalue weighted by molar-refractivity contribution is 6.15. The van der Waals surface area contributed by atoms with Gasteiger partial charge in [-0.1, -0.05) is 103 Å².